The number of aliphatic hydroxyl groups is 2. The van der Waals surface area contributed by atoms with Crippen LogP contribution in [-0.4, -0.2) is 42.6 Å². The molecule has 0 spiro atoms. The fourth-order valence-electron chi connectivity index (χ4n) is 6.72. The van der Waals surface area contributed by atoms with Crippen molar-refractivity contribution >= 4 is 49.5 Å². The number of hydrogen-bond acceptors (Lipinski definition) is 5. The van der Waals surface area contributed by atoms with Crippen LogP contribution in [0.3, 0.4) is 0 Å². The van der Waals surface area contributed by atoms with Crippen LogP contribution >= 0.6 is 0 Å². The van der Waals surface area contributed by atoms with Gasteiger partial charge in [0.1, 0.15) is 18.1 Å². The monoisotopic (exact) mass is 455 g/mol. The molecule has 4 N–H and O–H groups in total. The second kappa shape index (κ2) is 5.72. The third-order valence-electron chi connectivity index (χ3n) is 8.03. The maximum atomic E-state index is 13.2. The Labute approximate surface area is 192 Å². The number of carbonyl (C=O) groups is 1. The zero-order chi connectivity index (χ0) is 23.1. The van der Waals surface area contributed by atoms with E-state index in [4.69, 9.17) is 4.74 Å². The first kappa shape index (κ1) is 18.8. The number of nitrogens with zero attached hydrogens (tertiary/aromatic N) is 2. The van der Waals surface area contributed by atoms with Crippen LogP contribution in [0.25, 0.3) is 43.6 Å². The van der Waals surface area contributed by atoms with Gasteiger partial charge in [-0.25, -0.2) is 0 Å². The van der Waals surface area contributed by atoms with Crippen LogP contribution in [0.2, 0.25) is 0 Å². The van der Waals surface area contributed by atoms with E-state index in [9.17, 15) is 20.1 Å². The van der Waals surface area contributed by atoms with Gasteiger partial charge in [-0.2, -0.15) is 0 Å². The Kier molecular flexibility index (Phi) is 3.16. The summed E-state index contributed by atoms with van der Waals surface area (Å²) in [6.07, 6.45) is -2.21. The molecule has 1 amide bonds. The number of para-hydroxylation sites is 1. The standard InChI is InChI=1S/C26H21N3O5/c1-11-24(31)26(33)9-18(34-11)28-16-7-6-12(30)8-14(16)20-21-15(10-27-25(21)32)19-13-4-2-3-5-17(13)29(26)23(19)22(20)28/h2-8,11,18,24,30-31,33H,9-10H2,1H3,(H,27,32)/t11-,18-,24+,26+/m1/s1. The molecule has 2 aromatic heterocycles. The number of aromatic hydroxyl groups is 1. The van der Waals surface area contributed by atoms with Crippen molar-refractivity contribution in [2.24, 2.45) is 0 Å². The van der Waals surface area contributed by atoms with E-state index in [1.165, 1.54) is 0 Å². The highest BCUT2D eigenvalue weighted by Crippen LogP contribution is 2.53. The summed E-state index contributed by atoms with van der Waals surface area (Å²) in [4.78, 5) is 13.2. The number of amides is 1. The molecule has 8 heteroatoms. The van der Waals surface area contributed by atoms with Crippen molar-refractivity contribution in [3.63, 3.8) is 0 Å². The van der Waals surface area contributed by atoms with E-state index in [0.29, 0.717) is 12.1 Å². The van der Waals surface area contributed by atoms with Crippen molar-refractivity contribution in [3.05, 3.63) is 53.6 Å². The van der Waals surface area contributed by atoms with Gasteiger partial charge in [-0.05, 0) is 36.8 Å². The zero-order valence-corrected chi connectivity index (χ0v) is 18.2. The molecule has 2 bridgehead atoms. The number of phenolic OH excluding ortho intramolecular Hbond substituents is 1. The predicted molar refractivity (Wildman–Crippen MR) is 126 cm³/mol. The number of ether oxygens (including phenoxy) is 1. The van der Waals surface area contributed by atoms with E-state index in [1.54, 1.807) is 19.1 Å². The van der Waals surface area contributed by atoms with Gasteiger partial charge in [0.25, 0.3) is 5.91 Å². The van der Waals surface area contributed by atoms with Gasteiger partial charge in [0.2, 0.25) is 0 Å². The predicted octanol–water partition coefficient (Wildman–Crippen LogP) is 3.18. The van der Waals surface area contributed by atoms with Gasteiger partial charge in [-0.3, -0.25) is 4.79 Å². The molecule has 0 saturated carbocycles. The van der Waals surface area contributed by atoms with Crippen LogP contribution in [0.5, 0.6) is 5.75 Å². The van der Waals surface area contributed by atoms with Crippen LogP contribution in [0.15, 0.2) is 42.5 Å². The highest BCUT2D eigenvalue weighted by atomic mass is 16.5. The maximum Gasteiger partial charge on any atom is 0.252 e. The first-order valence-corrected chi connectivity index (χ1v) is 11.5. The average Bonchev–Trinajstić information content (AvgIpc) is 3.44. The summed E-state index contributed by atoms with van der Waals surface area (Å²) in [6.45, 7) is 2.14. The first-order chi connectivity index (χ1) is 16.4. The molecule has 8 rings (SSSR count). The Morgan fingerprint density at radius 2 is 1.91 bits per heavy atom. The Morgan fingerprint density at radius 3 is 2.76 bits per heavy atom. The SMILES string of the molecule is C[C@H]1O[C@@H]2C[C@](O)([C@H]1O)n1c3ccccc3c3c4c(c5c6cc(O)ccc6n2c5c31)C(=O)NC4. The Balaban J connectivity index is 1.77. The summed E-state index contributed by atoms with van der Waals surface area (Å²) in [5.74, 6) is -0.0439. The minimum atomic E-state index is -1.61. The van der Waals surface area contributed by atoms with Gasteiger partial charge in [-0.1, -0.05) is 18.2 Å². The first-order valence-electron chi connectivity index (χ1n) is 11.5. The molecule has 3 aliphatic rings. The topological polar surface area (TPSA) is 109 Å². The quantitative estimate of drug-likeness (QED) is 0.287. The van der Waals surface area contributed by atoms with Crippen molar-refractivity contribution in [1.82, 2.24) is 14.5 Å². The maximum absolute atomic E-state index is 13.2. The van der Waals surface area contributed by atoms with Crippen molar-refractivity contribution in [2.75, 3.05) is 0 Å². The molecular weight excluding hydrogens is 434 g/mol. The molecule has 170 valence electrons. The van der Waals surface area contributed by atoms with Crippen molar-refractivity contribution < 1.29 is 24.9 Å². The average molecular weight is 455 g/mol. The number of aromatic nitrogens is 2. The van der Waals surface area contributed by atoms with Gasteiger partial charge in [0, 0.05) is 34.5 Å². The lowest BCUT2D eigenvalue weighted by Crippen LogP contribution is -2.55. The summed E-state index contributed by atoms with van der Waals surface area (Å²) in [7, 11) is 0. The molecule has 0 aliphatic carbocycles. The largest absolute Gasteiger partial charge is 0.508 e. The number of benzene rings is 3. The number of carbonyl (C=O) groups excluding carboxylic acids is 1. The lowest BCUT2D eigenvalue weighted by molar-refractivity contribution is -0.257. The molecule has 1 fully saturated rings. The smallest absolute Gasteiger partial charge is 0.252 e. The van der Waals surface area contributed by atoms with Crippen LogP contribution in [-0.2, 0) is 17.0 Å². The van der Waals surface area contributed by atoms with Crippen LogP contribution in [0, 0.1) is 0 Å². The van der Waals surface area contributed by atoms with E-state index in [0.717, 1.165) is 49.2 Å². The summed E-state index contributed by atoms with van der Waals surface area (Å²) < 4.78 is 10.2. The lowest BCUT2D eigenvalue weighted by Gasteiger charge is -2.44. The summed E-state index contributed by atoms with van der Waals surface area (Å²) in [6, 6.07) is 12.9. The highest BCUT2D eigenvalue weighted by molar-refractivity contribution is 6.31. The molecule has 4 atom stereocenters. The summed E-state index contributed by atoms with van der Waals surface area (Å²) >= 11 is 0. The second-order valence-corrected chi connectivity index (χ2v) is 9.73. The molecule has 8 nitrogen and oxygen atoms in total. The second-order valence-electron chi connectivity index (χ2n) is 9.73. The van der Waals surface area contributed by atoms with E-state index in [-0.39, 0.29) is 18.1 Å². The van der Waals surface area contributed by atoms with E-state index in [2.05, 4.69) is 5.32 Å². The van der Waals surface area contributed by atoms with E-state index >= 15 is 0 Å². The molecule has 3 aliphatic heterocycles. The minimum absolute atomic E-state index is 0.112. The fraction of sp³-hybridized carbons (Fsp3) is 0.269. The molecule has 5 heterocycles. The third-order valence-corrected chi connectivity index (χ3v) is 8.03. The number of hydrogen-bond donors (Lipinski definition) is 4. The molecular formula is C26H21N3O5. The molecule has 3 aromatic carbocycles. The van der Waals surface area contributed by atoms with Crippen LogP contribution in [0.4, 0.5) is 0 Å². The minimum Gasteiger partial charge on any atom is -0.508 e. The Bertz CT molecular complexity index is 1770. The molecule has 0 radical (unpaired) electrons. The fourth-order valence-corrected chi connectivity index (χ4v) is 6.72. The zero-order valence-electron chi connectivity index (χ0n) is 18.2. The van der Waals surface area contributed by atoms with E-state index in [1.807, 2.05) is 39.5 Å². The number of aliphatic hydroxyl groups excluding tert-OH is 1. The van der Waals surface area contributed by atoms with Crippen molar-refractivity contribution in [2.45, 2.75) is 44.1 Å². The molecule has 0 unspecified atom stereocenters. The number of phenols is 1. The molecule has 34 heavy (non-hydrogen) atoms. The Morgan fingerprint density at radius 1 is 1.09 bits per heavy atom. The lowest BCUT2D eigenvalue weighted by atomic mass is 9.93. The van der Waals surface area contributed by atoms with E-state index < -0.39 is 24.2 Å². The number of rotatable bonds is 0. The summed E-state index contributed by atoms with van der Waals surface area (Å²) in [5, 5.41) is 40.1. The van der Waals surface area contributed by atoms with Crippen LogP contribution in [0.1, 0.15) is 35.5 Å². The van der Waals surface area contributed by atoms with Crippen molar-refractivity contribution in [3.8, 4) is 5.75 Å². The van der Waals surface area contributed by atoms with Gasteiger partial charge in [0.05, 0.1) is 33.7 Å². The number of fused-ring (bicyclic) bond motifs is 13. The third kappa shape index (κ3) is 1.89. The Hall–Kier alpha value is -3.59. The van der Waals surface area contributed by atoms with Gasteiger partial charge < -0.3 is 34.5 Å². The molecule has 1 saturated heterocycles. The van der Waals surface area contributed by atoms with Gasteiger partial charge in [0.15, 0.2) is 5.72 Å². The van der Waals surface area contributed by atoms with Gasteiger partial charge >= 0.3 is 0 Å². The highest BCUT2D eigenvalue weighted by Gasteiger charge is 2.52. The summed E-state index contributed by atoms with van der Waals surface area (Å²) in [5.41, 5.74) is 2.99. The van der Waals surface area contributed by atoms with Crippen LogP contribution < -0.4 is 5.32 Å². The normalized spacial score (nSPS) is 27.7. The molecule has 5 aromatic rings. The number of nitrogens with one attached hydrogen (secondary N) is 1. The van der Waals surface area contributed by atoms with Gasteiger partial charge in [-0.15, -0.1) is 0 Å². The van der Waals surface area contributed by atoms with Crippen molar-refractivity contribution in [1.29, 1.82) is 0 Å².